The van der Waals surface area contributed by atoms with Crippen LogP contribution >= 0.6 is 34.2 Å². The van der Waals surface area contributed by atoms with Gasteiger partial charge in [-0.2, -0.15) is 0 Å². The van der Waals surface area contributed by atoms with Gasteiger partial charge < -0.3 is 0 Å². The highest BCUT2D eigenvalue weighted by atomic mass is 127. The molecule has 1 rings (SSSR count). The number of hydrogen-bond donors (Lipinski definition) is 0. The molecular formula is C6H2ClFI. The average Bonchev–Trinajstić information content (AvgIpc) is 1.59. The van der Waals surface area contributed by atoms with Gasteiger partial charge in [-0.1, -0.05) is 11.6 Å². The summed E-state index contributed by atoms with van der Waals surface area (Å²) in [5, 5.41) is 0.319. The van der Waals surface area contributed by atoms with E-state index in [1.165, 1.54) is 12.1 Å². The molecule has 0 unspecified atom stereocenters. The third kappa shape index (κ3) is 2.10. The Bertz CT molecular complexity index is 174. The van der Waals surface area contributed by atoms with Gasteiger partial charge in [-0.25, -0.2) is 4.39 Å². The molecule has 0 atom stereocenters. The smallest absolute Gasteiger partial charge is 0.125 e. The van der Waals surface area contributed by atoms with Crippen LogP contribution in [0.2, 0.25) is 5.02 Å². The third-order valence-corrected chi connectivity index (χ3v) is 1.55. The lowest BCUT2D eigenvalue weighted by atomic mass is 10.4. The molecule has 0 heterocycles. The van der Waals surface area contributed by atoms with Crippen LogP contribution in [0.15, 0.2) is 12.1 Å². The summed E-state index contributed by atoms with van der Waals surface area (Å²) >= 11 is 7.40. The molecule has 0 saturated heterocycles. The summed E-state index contributed by atoms with van der Waals surface area (Å²) in [7, 11) is 0. The highest BCUT2D eigenvalue weighted by Gasteiger charge is 1.94. The van der Waals surface area contributed by atoms with Gasteiger partial charge in [-0.15, -0.1) is 0 Å². The van der Waals surface area contributed by atoms with Crippen LogP contribution in [0.4, 0.5) is 4.39 Å². The summed E-state index contributed by atoms with van der Waals surface area (Å²) in [5.41, 5.74) is 0. The van der Waals surface area contributed by atoms with E-state index in [9.17, 15) is 4.39 Å². The SMILES string of the molecule is Fc1cc(Cl)[c]c(I)c1. The van der Waals surface area contributed by atoms with Gasteiger partial charge in [0.1, 0.15) is 5.82 Å². The number of hydrogen-bond acceptors (Lipinski definition) is 0. The largest absolute Gasteiger partial charge is 0.207 e. The minimum absolute atomic E-state index is 0.317. The van der Waals surface area contributed by atoms with Gasteiger partial charge in [-0.3, -0.25) is 0 Å². The van der Waals surface area contributed by atoms with Crippen molar-refractivity contribution in [2.24, 2.45) is 0 Å². The molecule has 3 heteroatoms. The first-order chi connectivity index (χ1) is 4.18. The standard InChI is InChI=1S/C6H2ClFI/c7-4-1-5(8)3-6(9)2-4/h1,3H. The van der Waals surface area contributed by atoms with Crippen LogP contribution in [-0.2, 0) is 0 Å². The minimum Gasteiger partial charge on any atom is -0.207 e. The molecule has 0 amide bonds. The molecule has 0 aromatic heterocycles. The second-order valence-corrected chi connectivity index (χ2v) is 3.06. The van der Waals surface area contributed by atoms with Crippen LogP contribution in [-0.4, -0.2) is 0 Å². The molecule has 0 nitrogen and oxygen atoms in total. The molecule has 0 N–H and O–H groups in total. The second kappa shape index (κ2) is 2.84. The van der Waals surface area contributed by atoms with Gasteiger partial charge in [-0.05, 0) is 34.7 Å². The van der Waals surface area contributed by atoms with Gasteiger partial charge in [0.25, 0.3) is 0 Å². The molecule has 0 aliphatic rings. The fraction of sp³-hybridized carbons (Fsp3) is 0. The van der Waals surface area contributed by atoms with Crippen molar-refractivity contribution < 1.29 is 4.39 Å². The molecule has 0 bridgehead atoms. The third-order valence-electron chi connectivity index (χ3n) is 0.768. The van der Waals surface area contributed by atoms with Crippen LogP contribution in [0, 0.1) is 15.5 Å². The Morgan fingerprint density at radius 2 is 2.22 bits per heavy atom. The normalized spacial score (nSPS) is 9.67. The molecule has 0 saturated carbocycles. The first-order valence-electron chi connectivity index (χ1n) is 2.22. The van der Waals surface area contributed by atoms with Gasteiger partial charge in [0.2, 0.25) is 0 Å². The topological polar surface area (TPSA) is 0 Å². The van der Waals surface area contributed by atoms with Crippen molar-refractivity contribution in [2.45, 2.75) is 0 Å². The summed E-state index contributed by atoms with van der Waals surface area (Å²) in [4.78, 5) is 0. The molecule has 9 heavy (non-hydrogen) atoms. The second-order valence-electron chi connectivity index (χ2n) is 1.49. The Morgan fingerprint density at radius 1 is 1.56 bits per heavy atom. The predicted molar refractivity (Wildman–Crippen MR) is 43.0 cm³/mol. The summed E-state index contributed by atoms with van der Waals surface area (Å²) < 4.78 is 13.0. The van der Waals surface area contributed by atoms with Crippen LogP contribution in [0.25, 0.3) is 0 Å². The van der Waals surface area contributed by atoms with E-state index in [4.69, 9.17) is 11.6 Å². The quantitative estimate of drug-likeness (QED) is 0.625. The molecule has 1 aromatic rings. The van der Waals surface area contributed by atoms with E-state index in [-0.39, 0.29) is 5.82 Å². The van der Waals surface area contributed by atoms with Crippen LogP contribution in [0.5, 0.6) is 0 Å². The van der Waals surface area contributed by atoms with Gasteiger partial charge in [0.15, 0.2) is 0 Å². The average molecular weight is 255 g/mol. The monoisotopic (exact) mass is 255 g/mol. The lowest BCUT2D eigenvalue weighted by molar-refractivity contribution is 0.627. The van der Waals surface area contributed by atoms with Crippen molar-refractivity contribution >= 4 is 34.2 Å². The minimum atomic E-state index is -0.317. The highest BCUT2D eigenvalue weighted by Crippen LogP contribution is 2.13. The van der Waals surface area contributed by atoms with Crippen molar-refractivity contribution in [1.29, 1.82) is 0 Å². The zero-order valence-corrected chi connectivity index (χ0v) is 7.20. The van der Waals surface area contributed by atoms with Crippen molar-refractivity contribution in [3.05, 3.63) is 32.6 Å². The molecule has 0 fully saturated rings. The molecule has 0 aliphatic heterocycles. The van der Waals surface area contributed by atoms with Crippen LogP contribution < -0.4 is 0 Å². The predicted octanol–water partition coefficient (Wildman–Crippen LogP) is 2.88. The van der Waals surface area contributed by atoms with E-state index in [1.54, 1.807) is 0 Å². The maximum atomic E-state index is 12.3. The summed E-state index contributed by atoms with van der Waals surface area (Å²) in [6, 6.07) is 5.32. The van der Waals surface area contributed by atoms with E-state index < -0.39 is 0 Å². The van der Waals surface area contributed by atoms with E-state index in [0.717, 1.165) is 0 Å². The van der Waals surface area contributed by atoms with Gasteiger partial charge >= 0.3 is 0 Å². The number of benzene rings is 1. The highest BCUT2D eigenvalue weighted by molar-refractivity contribution is 14.1. The fourth-order valence-electron chi connectivity index (χ4n) is 0.470. The first kappa shape index (κ1) is 7.28. The zero-order chi connectivity index (χ0) is 6.85. The van der Waals surface area contributed by atoms with Crippen molar-refractivity contribution in [1.82, 2.24) is 0 Å². The fourth-order valence-corrected chi connectivity index (χ4v) is 1.42. The van der Waals surface area contributed by atoms with Crippen molar-refractivity contribution in [3.8, 4) is 0 Å². The summed E-state index contributed by atoms with van der Waals surface area (Å²) in [5.74, 6) is -0.317. The summed E-state index contributed by atoms with van der Waals surface area (Å²) in [6.45, 7) is 0. The van der Waals surface area contributed by atoms with Crippen LogP contribution in [0.1, 0.15) is 0 Å². The Hall–Kier alpha value is 0.170. The van der Waals surface area contributed by atoms with Crippen molar-refractivity contribution in [2.75, 3.05) is 0 Å². The molecular weight excluding hydrogens is 253 g/mol. The van der Waals surface area contributed by atoms with E-state index >= 15 is 0 Å². The van der Waals surface area contributed by atoms with E-state index in [0.29, 0.717) is 8.59 Å². The Balaban J connectivity index is 3.17. The van der Waals surface area contributed by atoms with E-state index in [2.05, 4.69) is 6.07 Å². The molecule has 0 spiro atoms. The van der Waals surface area contributed by atoms with E-state index in [1.807, 2.05) is 22.6 Å². The molecule has 1 radical (unpaired) electrons. The lowest BCUT2D eigenvalue weighted by Crippen LogP contribution is -1.76. The number of rotatable bonds is 0. The molecule has 0 aliphatic carbocycles. The Morgan fingerprint density at radius 3 is 2.67 bits per heavy atom. The molecule has 47 valence electrons. The van der Waals surface area contributed by atoms with Crippen LogP contribution in [0.3, 0.4) is 0 Å². The Kier molecular flexibility index (Phi) is 2.29. The molecule has 1 aromatic carbocycles. The van der Waals surface area contributed by atoms with Crippen molar-refractivity contribution in [3.63, 3.8) is 0 Å². The maximum Gasteiger partial charge on any atom is 0.125 e. The number of halogens is 3. The Labute approximate surface area is 71.2 Å². The van der Waals surface area contributed by atoms with Gasteiger partial charge in [0, 0.05) is 9.64 Å². The zero-order valence-electron chi connectivity index (χ0n) is 4.29. The van der Waals surface area contributed by atoms with Gasteiger partial charge in [0.05, 0.1) is 5.02 Å². The lowest BCUT2D eigenvalue weighted by Gasteiger charge is -1.90. The summed E-state index contributed by atoms with van der Waals surface area (Å²) in [6.07, 6.45) is 0. The maximum absolute atomic E-state index is 12.3. The first-order valence-corrected chi connectivity index (χ1v) is 3.68.